The smallest absolute Gasteiger partial charge is 0.0500 e. The molecular formula is C16H17ClOS. The number of aliphatic hydroxyl groups is 1. The second-order valence-corrected chi connectivity index (χ2v) is 5.99. The van der Waals surface area contributed by atoms with Gasteiger partial charge in [0.15, 0.2) is 0 Å². The van der Waals surface area contributed by atoms with Gasteiger partial charge in [0, 0.05) is 22.4 Å². The molecule has 0 saturated carbocycles. The van der Waals surface area contributed by atoms with Crippen molar-refractivity contribution in [3.63, 3.8) is 0 Å². The molecule has 1 unspecified atom stereocenters. The van der Waals surface area contributed by atoms with Gasteiger partial charge in [0.25, 0.3) is 0 Å². The Hall–Kier alpha value is -0.960. The quantitative estimate of drug-likeness (QED) is 0.785. The first-order chi connectivity index (χ1) is 9.29. The molecule has 0 bridgehead atoms. The molecule has 3 heteroatoms. The first kappa shape index (κ1) is 14.4. The fourth-order valence-corrected chi connectivity index (χ4v) is 3.05. The molecule has 0 heterocycles. The second kappa shape index (κ2) is 7.59. The number of hydrogen-bond donors (Lipinski definition) is 1. The van der Waals surface area contributed by atoms with Gasteiger partial charge in [-0.1, -0.05) is 41.9 Å². The van der Waals surface area contributed by atoms with E-state index in [1.165, 1.54) is 4.90 Å². The van der Waals surface area contributed by atoms with Crippen molar-refractivity contribution in [3.05, 3.63) is 65.2 Å². The lowest BCUT2D eigenvalue weighted by molar-refractivity contribution is 0.263. The Morgan fingerprint density at radius 3 is 2.32 bits per heavy atom. The Bertz CT molecular complexity index is 484. The molecule has 0 saturated heterocycles. The fourth-order valence-electron chi connectivity index (χ4n) is 1.93. The summed E-state index contributed by atoms with van der Waals surface area (Å²) in [5, 5.41) is 10.2. The van der Waals surface area contributed by atoms with Crippen LogP contribution in [0.1, 0.15) is 17.9 Å². The van der Waals surface area contributed by atoms with Crippen molar-refractivity contribution in [2.24, 2.45) is 0 Å². The van der Waals surface area contributed by atoms with Gasteiger partial charge in [-0.25, -0.2) is 0 Å². The SMILES string of the molecule is OCC(CCSc1ccccc1)c1ccc(Cl)cc1. The van der Waals surface area contributed by atoms with Crippen molar-refractivity contribution in [1.29, 1.82) is 0 Å². The summed E-state index contributed by atoms with van der Waals surface area (Å²) in [6.45, 7) is 0.178. The van der Waals surface area contributed by atoms with Crippen molar-refractivity contribution >= 4 is 23.4 Å². The van der Waals surface area contributed by atoms with Crippen LogP contribution in [0.5, 0.6) is 0 Å². The van der Waals surface area contributed by atoms with E-state index in [4.69, 9.17) is 11.6 Å². The predicted molar refractivity (Wildman–Crippen MR) is 83.1 cm³/mol. The van der Waals surface area contributed by atoms with Gasteiger partial charge in [0.05, 0.1) is 0 Å². The van der Waals surface area contributed by atoms with Crippen LogP contribution in [0.3, 0.4) is 0 Å². The predicted octanol–water partition coefficient (Wildman–Crippen LogP) is 4.60. The maximum atomic E-state index is 9.50. The first-order valence-corrected chi connectivity index (χ1v) is 7.70. The highest BCUT2D eigenvalue weighted by atomic mass is 35.5. The highest BCUT2D eigenvalue weighted by Gasteiger charge is 2.10. The molecule has 0 aliphatic heterocycles. The van der Waals surface area contributed by atoms with E-state index in [2.05, 4.69) is 12.1 Å². The van der Waals surface area contributed by atoms with Gasteiger partial charge >= 0.3 is 0 Å². The average Bonchev–Trinajstić information content (AvgIpc) is 2.46. The van der Waals surface area contributed by atoms with Gasteiger partial charge in [0.2, 0.25) is 0 Å². The summed E-state index contributed by atoms with van der Waals surface area (Å²) in [6, 6.07) is 18.1. The molecule has 0 amide bonds. The molecule has 1 atom stereocenters. The third-order valence-electron chi connectivity index (χ3n) is 3.04. The number of aliphatic hydroxyl groups excluding tert-OH is 1. The van der Waals surface area contributed by atoms with Crippen LogP contribution in [0.4, 0.5) is 0 Å². The van der Waals surface area contributed by atoms with Crippen LogP contribution in [-0.4, -0.2) is 17.5 Å². The topological polar surface area (TPSA) is 20.2 Å². The summed E-state index contributed by atoms with van der Waals surface area (Å²) in [5.41, 5.74) is 1.15. The minimum Gasteiger partial charge on any atom is -0.396 e. The molecule has 100 valence electrons. The molecule has 1 nitrogen and oxygen atoms in total. The Morgan fingerprint density at radius 2 is 1.68 bits per heavy atom. The van der Waals surface area contributed by atoms with Crippen molar-refractivity contribution in [2.45, 2.75) is 17.2 Å². The van der Waals surface area contributed by atoms with Crippen LogP contribution >= 0.6 is 23.4 Å². The van der Waals surface area contributed by atoms with Gasteiger partial charge < -0.3 is 5.11 Å². The summed E-state index contributed by atoms with van der Waals surface area (Å²) in [7, 11) is 0. The van der Waals surface area contributed by atoms with Crippen molar-refractivity contribution in [1.82, 2.24) is 0 Å². The zero-order chi connectivity index (χ0) is 13.5. The molecule has 0 spiro atoms. The molecule has 0 fully saturated rings. The van der Waals surface area contributed by atoms with E-state index in [1.807, 2.05) is 54.2 Å². The minimum absolute atomic E-state index is 0.178. The molecule has 19 heavy (non-hydrogen) atoms. The molecule has 1 N–H and O–H groups in total. The lowest BCUT2D eigenvalue weighted by Gasteiger charge is -2.14. The number of rotatable bonds is 6. The highest BCUT2D eigenvalue weighted by Crippen LogP contribution is 2.25. The van der Waals surface area contributed by atoms with Gasteiger partial charge in [-0.3, -0.25) is 0 Å². The van der Waals surface area contributed by atoms with E-state index in [0.29, 0.717) is 0 Å². The maximum Gasteiger partial charge on any atom is 0.0500 e. The summed E-state index contributed by atoms with van der Waals surface area (Å²) in [4.78, 5) is 1.27. The van der Waals surface area contributed by atoms with Crippen LogP contribution in [0.15, 0.2) is 59.5 Å². The number of hydrogen-bond acceptors (Lipinski definition) is 2. The normalized spacial score (nSPS) is 12.3. The summed E-state index contributed by atoms with van der Waals surface area (Å²) < 4.78 is 0. The van der Waals surface area contributed by atoms with Gasteiger partial charge in [-0.05, 0) is 42.0 Å². The van der Waals surface area contributed by atoms with E-state index < -0.39 is 0 Å². The number of thioether (sulfide) groups is 1. The highest BCUT2D eigenvalue weighted by molar-refractivity contribution is 7.99. The molecule has 2 aromatic carbocycles. The third kappa shape index (κ3) is 4.57. The first-order valence-electron chi connectivity index (χ1n) is 6.34. The Kier molecular flexibility index (Phi) is 5.77. The molecule has 0 aliphatic carbocycles. The van der Waals surface area contributed by atoms with Crippen LogP contribution in [0, 0.1) is 0 Å². The zero-order valence-corrected chi connectivity index (χ0v) is 12.2. The summed E-state index contributed by atoms with van der Waals surface area (Å²) in [6.07, 6.45) is 0.956. The number of halogens is 1. The van der Waals surface area contributed by atoms with Crippen LogP contribution in [0.2, 0.25) is 5.02 Å². The molecule has 0 radical (unpaired) electrons. The number of benzene rings is 2. The zero-order valence-electron chi connectivity index (χ0n) is 10.6. The van der Waals surface area contributed by atoms with Crippen molar-refractivity contribution in [2.75, 3.05) is 12.4 Å². The molecule has 2 rings (SSSR count). The van der Waals surface area contributed by atoms with Crippen LogP contribution < -0.4 is 0 Å². The average molecular weight is 293 g/mol. The fraction of sp³-hybridized carbons (Fsp3) is 0.250. The maximum absolute atomic E-state index is 9.50. The van der Waals surface area contributed by atoms with E-state index in [0.717, 1.165) is 22.8 Å². The monoisotopic (exact) mass is 292 g/mol. The van der Waals surface area contributed by atoms with Crippen LogP contribution in [0.25, 0.3) is 0 Å². The molecule has 2 aromatic rings. The lowest BCUT2D eigenvalue weighted by Crippen LogP contribution is -2.05. The largest absolute Gasteiger partial charge is 0.396 e. The molecule has 0 aromatic heterocycles. The Morgan fingerprint density at radius 1 is 1.00 bits per heavy atom. The minimum atomic E-state index is 0.178. The van der Waals surface area contributed by atoms with E-state index in [-0.39, 0.29) is 12.5 Å². The third-order valence-corrected chi connectivity index (χ3v) is 4.34. The van der Waals surface area contributed by atoms with Gasteiger partial charge in [-0.2, -0.15) is 0 Å². The Labute approximate surface area is 123 Å². The summed E-state index contributed by atoms with van der Waals surface area (Å²) >= 11 is 7.70. The molecule has 0 aliphatic rings. The van der Waals surface area contributed by atoms with E-state index in [1.54, 1.807) is 0 Å². The Balaban J connectivity index is 1.87. The lowest BCUT2D eigenvalue weighted by atomic mass is 9.98. The molecular weight excluding hydrogens is 276 g/mol. The van der Waals surface area contributed by atoms with Crippen molar-refractivity contribution in [3.8, 4) is 0 Å². The van der Waals surface area contributed by atoms with E-state index in [9.17, 15) is 5.11 Å². The van der Waals surface area contributed by atoms with E-state index >= 15 is 0 Å². The van der Waals surface area contributed by atoms with Crippen LogP contribution in [-0.2, 0) is 0 Å². The van der Waals surface area contributed by atoms with Crippen molar-refractivity contribution < 1.29 is 5.11 Å². The van der Waals surface area contributed by atoms with Gasteiger partial charge in [0.1, 0.15) is 0 Å². The summed E-state index contributed by atoms with van der Waals surface area (Å²) in [5.74, 6) is 1.19. The standard InChI is InChI=1S/C16H17ClOS/c17-15-8-6-13(7-9-15)14(12-18)10-11-19-16-4-2-1-3-5-16/h1-9,14,18H,10-12H2. The van der Waals surface area contributed by atoms with Gasteiger partial charge in [-0.15, -0.1) is 11.8 Å². The second-order valence-electron chi connectivity index (χ2n) is 4.38.